The summed E-state index contributed by atoms with van der Waals surface area (Å²) >= 11 is 6.00. The topological polar surface area (TPSA) is 67.8 Å². The van der Waals surface area contributed by atoms with Gasteiger partial charge in [0.15, 0.2) is 5.84 Å². The van der Waals surface area contributed by atoms with Crippen molar-refractivity contribution in [3.63, 3.8) is 0 Å². The van der Waals surface area contributed by atoms with Gasteiger partial charge in [-0.05, 0) is 49.8 Å². The molecule has 0 amide bonds. The lowest BCUT2D eigenvalue weighted by molar-refractivity contribution is 0.129. The molecule has 0 spiro atoms. The van der Waals surface area contributed by atoms with Crippen molar-refractivity contribution >= 4 is 17.4 Å². The monoisotopic (exact) mass is 296 g/mol. The number of oxime groups is 1. The third-order valence-corrected chi connectivity index (χ3v) is 4.23. The average Bonchev–Trinajstić information content (AvgIpc) is 2.47. The quantitative estimate of drug-likeness (QED) is 0.384. The van der Waals surface area contributed by atoms with Gasteiger partial charge in [-0.1, -0.05) is 30.1 Å². The first-order chi connectivity index (χ1) is 9.63. The molecule has 0 saturated heterocycles. The summed E-state index contributed by atoms with van der Waals surface area (Å²) in [5.41, 5.74) is 6.25. The van der Waals surface area contributed by atoms with Gasteiger partial charge in [0, 0.05) is 5.02 Å². The molecule has 0 heterocycles. The van der Waals surface area contributed by atoms with Crippen LogP contribution in [0.15, 0.2) is 23.4 Å². The van der Waals surface area contributed by atoms with Gasteiger partial charge in [0.25, 0.3) is 0 Å². The van der Waals surface area contributed by atoms with E-state index in [0.717, 1.165) is 18.8 Å². The number of halogens is 1. The average molecular weight is 297 g/mol. The number of ether oxygens (including phenoxy) is 1. The summed E-state index contributed by atoms with van der Waals surface area (Å²) in [6, 6.07) is 5.14. The van der Waals surface area contributed by atoms with Crippen molar-refractivity contribution in [3.8, 4) is 5.75 Å². The van der Waals surface area contributed by atoms with E-state index in [0.29, 0.717) is 16.3 Å². The van der Waals surface area contributed by atoms with Crippen molar-refractivity contribution in [2.45, 2.75) is 45.1 Å². The van der Waals surface area contributed by atoms with Gasteiger partial charge in [-0.2, -0.15) is 0 Å². The molecule has 4 nitrogen and oxygen atoms in total. The van der Waals surface area contributed by atoms with Crippen LogP contribution in [0.5, 0.6) is 5.75 Å². The molecule has 0 radical (unpaired) electrons. The molecule has 1 aliphatic carbocycles. The van der Waals surface area contributed by atoms with E-state index in [1.807, 2.05) is 0 Å². The van der Waals surface area contributed by atoms with Gasteiger partial charge in [0.2, 0.25) is 0 Å². The van der Waals surface area contributed by atoms with Gasteiger partial charge >= 0.3 is 0 Å². The van der Waals surface area contributed by atoms with Crippen LogP contribution in [0.4, 0.5) is 0 Å². The van der Waals surface area contributed by atoms with E-state index in [4.69, 9.17) is 27.3 Å². The van der Waals surface area contributed by atoms with Gasteiger partial charge < -0.3 is 15.7 Å². The van der Waals surface area contributed by atoms with Gasteiger partial charge in [-0.3, -0.25) is 0 Å². The van der Waals surface area contributed by atoms with Crippen LogP contribution >= 0.6 is 11.6 Å². The molecule has 3 N–H and O–H groups in total. The normalized spacial score (nSPS) is 23.6. The molecule has 1 fully saturated rings. The van der Waals surface area contributed by atoms with Crippen LogP contribution in [-0.2, 0) is 0 Å². The Bertz CT molecular complexity index is 483. The second-order valence-corrected chi connectivity index (χ2v) is 5.73. The second-order valence-electron chi connectivity index (χ2n) is 5.29. The molecule has 20 heavy (non-hydrogen) atoms. The molecule has 5 heteroatoms. The molecule has 1 aromatic carbocycles. The highest BCUT2D eigenvalue weighted by Gasteiger charge is 2.22. The Morgan fingerprint density at radius 1 is 1.40 bits per heavy atom. The summed E-state index contributed by atoms with van der Waals surface area (Å²) in [6.45, 7) is 2.24. The zero-order chi connectivity index (χ0) is 14.5. The summed E-state index contributed by atoms with van der Waals surface area (Å²) in [7, 11) is 0. The molecule has 0 aromatic heterocycles. The van der Waals surface area contributed by atoms with Gasteiger partial charge in [0.1, 0.15) is 5.75 Å². The zero-order valence-corrected chi connectivity index (χ0v) is 12.4. The van der Waals surface area contributed by atoms with Crippen LogP contribution in [0.3, 0.4) is 0 Å². The Hall–Kier alpha value is -1.42. The third-order valence-electron chi connectivity index (χ3n) is 3.99. The van der Waals surface area contributed by atoms with E-state index >= 15 is 0 Å². The van der Waals surface area contributed by atoms with Crippen molar-refractivity contribution in [3.05, 3.63) is 28.8 Å². The number of hydrogen-bond donors (Lipinski definition) is 2. The van der Waals surface area contributed by atoms with E-state index < -0.39 is 0 Å². The number of nitrogens with zero attached hydrogens (tertiary/aromatic N) is 1. The highest BCUT2D eigenvalue weighted by Crippen LogP contribution is 2.31. The predicted octanol–water partition coefficient (Wildman–Crippen LogP) is 3.78. The lowest BCUT2D eigenvalue weighted by Crippen LogP contribution is -2.25. The van der Waals surface area contributed by atoms with E-state index in [1.54, 1.807) is 18.2 Å². The van der Waals surface area contributed by atoms with Crippen molar-refractivity contribution in [2.24, 2.45) is 16.8 Å². The van der Waals surface area contributed by atoms with Gasteiger partial charge in [0.05, 0.1) is 11.7 Å². The number of rotatable bonds is 4. The molecule has 2 rings (SSSR count). The third kappa shape index (κ3) is 3.57. The van der Waals surface area contributed by atoms with E-state index in [2.05, 4.69) is 12.1 Å². The Balaban J connectivity index is 2.11. The largest absolute Gasteiger partial charge is 0.490 e. The van der Waals surface area contributed by atoms with E-state index in [9.17, 15) is 0 Å². The molecule has 0 aliphatic heterocycles. The minimum atomic E-state index is 0.0407. The number of hydrogen-bond acceptors (Lipinski definition) is 3. The first-order valence-electron chi connectivity index (χ1n) is 7.08. The summed E-state index contributed by atoms with van der Waals surface area (Å²) < 4.78 is 6.03. The smallest absolute Gasteiger partial charge is 0.173 e. The maximum Gasteiger partial charge on any atom is 0.173 e. The summed E-state index contributed by atoms with van der Waals surface area (Å²) in [6.07, 6.45) is 5.89. The maximum atomic E-state index is 8.83. The molecule has 1 aromatic rings. The first kappa shape index (κ1) is 15.0. The second kappa shape index (κ2) is 6.84. The molecule has 1 aliphatic rings. The SMILES string of the molecule is CCC1CCC(Oc2cc(Cl)ccc2/C(N)=N/O)CC1. The Labute approximate surface area is 124 Å². The molecule has 1 saturated carbocycles. The lowest BCUT2D eigenvalue weighted by Gasteiger charge is -2.29. The molecular weight excluding hydrogens is 276 g/mol. The Kier molecular flexibility index (Phi) is 5.12. The highest BCUT2D eigenvalue weighted by atomic mass is 35.5. The number of nitrogens with two attached hydrogens (primary N) is 1. The minimum absolute atomic E-state index is 0.0407. The van der Waals surface area contributed by atoms with E-state index in [-0.39, 0.29) is 11.9 Å². The molecule has 0 atom stereocenters. The summed E-state index contributed by atoms with van der Waals surface area (Å²) in [5, 5.41) is 12.4. The van der Waals surface area contributed by atoms with Crippen molar-refractivity contribution in [1.82, 2.24) is 0 Å². The highest BCUT2D eigenvalue weighted by molar-refractivity contribution is 6.30. The molecule has 0 unspecified atom stereocenters. The molecule has 110 valence electrons. The minimum Gasteiger partial charge on any atom is -0.490 e. The van der Waals surface area contributed by atoms with E-state index in [1.165, 1.54) is 19.3 Å². The summed E-state index contributed by atoms with van der Waals surface area (Å²) in [5.74, 6) is 1.45. The number of amidine groups is 1. The van der Waals surface area contributed by atoms with Crippen molar-refractivity contribution < 1.29 is 9.94 Å². The van der Waals surface area contributed by atoms with Gasteiger partial charge in [-0.15, -0.1) is 0 Å². The van der Waals surface area contributed by atoms with Crippen molar-refractivity contribution in [1.29, 1.82) is 0 Å². The van der Waals surface area contributed by atoms with Gasteiger partial charge in [-0.25, -0.2) is 0 Å². The fourth-order valence-electron chi connectivity index (χ4n) is 2.70. The fraction of sp³-hybridized carbons (Fsp3) is 0.533. The summed E-state index contributed by atoms with van der Waals surface area (Å²) in [4.78, 5) is 0. The lowest BCUT2D eigenvalue weighted by atomic mass is 9.86. The van der Waals surface area contributed by atoms with Crippen LogP contribution in [0.25, 0.3) is 0 Å². The number of benzene rings is 1. The zero-order valence-electron chi connectivity index (χ0n) is 11.7. The van der Waals surface area contributed by atoms with Crippen LogP contribution in [-0.4, -0.2) is 17.1 Å². The maximum absolute atomic E-state index is 8.83. The molecular formula is C15H21ClN2O2. The Morgan fingerprint density at radius 2 is 2.10 bits per heavy atom. The molecule has 0 bridgehead atoms. The first-order valence-corrected chi connectivity index (χ1v) is 7.46. The van der Waals surface area contributed by atoms with Crippen LogP contribution < -0.4 is 10.5 Å². The fourth-order valence-corrected chi connectivity index (χ4v) is 2.86. The van der Waals surface area contributed by atoms with Crippen LogP contribution in [0.2, 0.25) is 5.02 Å². The van der Waals surface area contributed by atoms with Crippen LogP contribution in [0.1, 0.15) is 44.6 Å². The predicted molar refractivity (Wildman–Crippen MR) is 80.6 cm³/mol. The Morgan fingerprint density at radius 3 is 2.70 bits per heavy atom. The standard InChI is InChI=1S/C15H21ClN2O2/c1-2-10-3-6-12(7-4-10)20-14-9-11(16)5-8-13(14)15(17)18-19/h5,8-10,12,19H,2-4,6-7H2,1H3,(H2,17,18). The van der Waals surface area contributed by atoms with Crippen molar-refractivity contribution in [2.75, 3.05) is 0 Å². The van der Waals surface area contributed by atoms with Crippen LogP contribution in [0, 0.1) is 5.92 Å².